The second kappa shape index (κ2) is 7.77. The van der Waals surface area contributed by atoms with Crippen LogP contribution in [0.1, 0.15) is 38.0 Å². The summed E-state index contributed by atoms with van der Waals surface area (Å²) in [6.07, 6.45) is 2.84. The number of halogens is 1. The molecule has 2 aromatic carbocycles. The number of nitrogens with zero attached hydrogens (tertiary/aromatic N) is 1. The lowest BCUT2D eigenvalue weighted by atomic mass is 9.97. The largest absolute Gasteiger partial charge is 0.424 e. The molecule has 0 aliphatic heterocycles. The molecule has 1 heterocycles. The Bertz CT molecular complexity index is 811. The molecular weight excluding hydrogens is 422 g/mol. The summed E-state index contributed by atoms with van der Waals surface area (Å²) in [5.41, 5.74) is 0. The van der Waals surface area contributed by atoms with Gasteiger partial charge >= 0.3 is 0 Å². The summed E-state index contributed by atoms with van der Waals surface area (Å²) in [5.74, 6) is 0.334. The van der Waals surface area contributed by atoms with Gasteiger partial charge in [-0.25, -0.2) is 4.98 Å². The molecule has 26 heavy (non-hydrogen) atoms. The van der Waals surface area contributed by atoms with Crippen molar-refractivity contribution in [2.24, 2.45) is 0 Å². The van der Waals surface area contributed by atoms with E-state index in [1.165, 1.54) is 4.88 Å². The van der Waals surface area contributed by atoms with Gasteiger partial charge in [0, 0.05) is 11.1 Å². The van der Waals surface area contributed by atoms with Crippen molar-refractivity contribution in [1.82, 2.24) is 4.98 Å². The minimum Gasteiger partial charge on any atom is -0.424 e. The van der Waals surface area contributed by atoms with Crippen LogP contribution in [0.3, 0.4) is 0 Å². The smallest absolute Gasteiger partial charge is 0.258 e. The Hall–Kier alpha value is -1.27. The van der Waals surface area contributed by atoms with Gasteiger partial charge < -0.3 is 4.80 Å². The first kappa shape index (κ1) is 19.5. The highest BCUT2D eigenvalue weighted by molar-refractivity contribution is 9.11. The zero-order valence-corrected chi connectivity index (χ0v) is 18.7. The van der Waals surface area contributed by atoms with E-state index in [2.05, 4.69) is 66.0 Å². The Kier molecular flexibility index (Phi) is 5.82. The van der Waals surface area contributed by atoms with Crippen LogP contribution < -0.4 is 10.4 Å². The molecule has 1 N–H and O–H groups in total. The van der Waals surface area contributed by atoms with Crippen molar-refractivity contribution in [3.63, 3.8) is 0 Å². The lowest BCUT2D eigenvalue weighted by Gasteiger charge is -2.42. The van der Waals surface area contributed by atoms with Crippen LogP contribution in [-0.2, 0) is 0 Å². The fourth-order valence-electron chi connectivity index (χ4n) is 3.81. The molecule has 1 aromatic heterocycles. The van der Waals surface area contributed by atoms with Gasteiger partial charge in [-0.1, -0.05) is 81.4 Å². The predicted molar refractivity (Wildman–Crippen MR) is 117 cm³/mol. The molecule has 5 heteroatoms. The summed E-state index contributed by atoms with van der Waals surface area (Å²) < 4.78 is 0.913. The van der Waals surface area contributed by atoms with Crippen LogP contribution in [0.25, 0.3) is 0 Å². The number of aromatic nitrogens is 1. The van der Waals surface area contributed by atoms with E-state index in [1.54, 1.807) is 11.3 Å². The average molecular weight is 446 g/mol. The SMILES string of the molecule is CC(CC(C)(C)[Si](O)(c1ccccc1)c1ccccc1)c1cnc(Br)s1. The van der Waals surface area contributed by atoms with Crippen molar-refractivity contribution in [2.45, 2.75) is 38.1 Å². The first-order valence-corrected chi connectivity index (χ1v) is 12.3. The highest BCUT2D eigenvalue weighted by Gasteiger charge is 2.50. The zero-order valence-electron chi connectivity index (χ0n) is 15.3. The second-order valence-electron chi connectivity index (χ2n) is 7.45. The van der Waals surface area contributed by atoms with Crippen molar-refractivity contribution in [1.29, 1.82) is 0 Å². The summed E-state index contributed by atoms with van der Waals surface area (Å²) in [7, 11) is -2.95. The third-order valence-electron chi connectivity index (χ3n) is 5.16. The maximum Gasteiger partial charge on any atom is 0.258 e. The Labute approximate surface area is 169 Å². The molecule has 0 amide bonds. The van der Waals surface area contributed by atoms with Crippen molar-refractivity contribution in [3.8, 4) is 0 Å². The molecule has 0 saturated carbocycles. The van der Waals surface area contributed by atoms with Gasteiger partial charge in [0.15, 0.2) is 3.92 Å². The molecule has 136 valence electrons. The first-order valence-electron chi connectivity index (χ1n) is 8.79. The molecule has 1 unspecified atom stereocenters. The number of hydrogen-bond acceptors (Lipinski definition) is 3. The highest BCUT2D eigenvalue weighted by atomic mass is 79.9. The molecule has 0 fully saturated rings. The molecule has 3 aromatic rings. The molecule has 0 saturated heterocycles. The maximum absolute atomic E-state index is 12.2. The van der Waals surface area contributed by atoms with E-state index in [0.717, 1.165) is 20.7 Å². The van der Waals surface area contributed by atoms with Gasteiger partial charge in [-0.3, -0.25) is 0 Å². The maximum atomic E-state index is 12.2. The van der Waals surface area contributed by atoms with E-state index in [-0.39, 0.29) is 5.04 Å². The molecule has 0 spiro atoms. The van der Waals surface area contributed by atoms with Crippen LogP contribution in [0.4, 0.5) is 0 Å². The zero-order chi connectivity index (χ0) is 18.8. The lowest BCUT2D eigenvalue weighted by molar-refractivity contribution is 0.445. The van der Waals surface area contributed by atoms with Crippen LogP contribution in [-0.4, -0.2) is 18.1 Å². The Morgan fingerprint density at radius 2 is 1.54 bits per heavy atom. The van der Waals surface area contributed by atoms with Gasteiger partial charge in [-0.05, 0) is 43.7 Å². The third kappa shape index (κ3) is 3.72. The molecule has 0 bridgehead atoms. The molecule has 0 aliphatic carbocycles. The fraction of sp³-hybridized carbons (Fsp3) is 0.286. The van der Waals surface area contributed by atoms with Gasteiger partial charge in [0.1, 0.15) is 0 Å². The average Bonchev–Trinajstić information content (AvgIpc) is 3.08. The fourth-order valence-corrected chi connectivity index (χ4v) is 9.01. The third-order valence-corrected chi connectivity index (χ3v) is 11.4. The van der Waals surface area contributed by atoms with E-state index in [9.17, 15) is 4.80 Å². The van der Waals surface area contributed by atoms with E-state index in [4.69, 9.17) is 0 Å². The van der Waals surface area contributed by atoms with Gasteiger partial charge in [0.05, 0.1) is 0 Å². The number of rotatable bonds is 6. The molecule has 0 aliphatic rings. The van der Waals surface area contributed by atoms with Crippen LogP contribution in [0.15, 0.2) is 70.8 Å². The Morgan fingerprint density at radius 1 is 1.04 bits per heavy atom. The Morgan fingerprint density at radius 3 is 1.96 bits per heavy atom. The van der Waals surface area contributed by atoms with Gasteiger partial charge in [-0.2, -0.15) is 0 Å². The predicted octanol–water partition coefficient (Wildman–Crippen LogP) is 4.93. The topological polar surface area (TPSA) is 33.1 Å². The van der Waals surface area contributed by atoms with Gasteiger partial charge in [0.2, 0.25) is 0 Å². The number of thiazole rings is 1. The molecule has 2 nitrogen and oxygen atoms in total. The van der Waals surface area contributed by atoms with Crippen LogP contribution in [0.5, 0.6) is 0 Å². The second-order valence-corrected chi connectivity index (χ2v) is 13.7. The standard InChI is InChI=1S/C21H24BrNOSSi/c1-16(19-15-23-20(22)25-19)14-21(2,3)26(24,17-10-6-4-7-11-17)18-12-8-5-9-13-18/h4-13,15-16,24H,14H2,1-3H3. The first-order chi connectivity index (χ1) is 12.3. The quantitative estimate of drug-likeness (QED) is 0.545. The van der Waals surface area contributed by atoms with Gasteiger partial charge in [0.25, 0.3) is 8.32 Å². The summed E-state index contributed by atoms with van der Waals surface area (Å²) in [6.45, 7) is 6.66. The highest BCUT2D eigenvalue weighted by Crippen LogP contribution is 2.44. The molecule has 3 rings (SSSR count). The summed E-state index contributed by atoms with van der Waals surface area (Å²) >= 11 is 5.14. The van der Waals surface area contributed by atoms with Crippen LogP contribution >= 0.6 is 27.3 Å². The van der Waals surface area contributed by atoms with Crippen molar-refractivity contribution in [3.05, 3.63) is 75.7 Å². The number of benzene rings is 2. The molecular formula is C21H24BrNOSSi. The monoisotopic (exact) mass is 445 g/mol. The van der Waals surface area contributed by atoms with Crippen molar-refractivity contribution in [2.75, 3.05) is 0 Å². The lowest BCUT2D eigenvalue weighted by Crippen LogP contribution is -2.65. The van der Waals surface area contributed by atoms with Crippen molar-refractivity contribution >= 4 is 46.0 Å². The van der Waals surface area contributed by atoms with Gasteiger partial charge in [-0.15, -0.1) is 11.3 Å². The normalized spacial score (nSPS) is 13.6. The van der Waals surface area contributed by atoms with Crippen LogP contribution in [0, 0.1) is 0 Å². The van der Waals surface area contributed by atoms with E-state index >= 15 is 0 Å². The minimum absolute atomic E-state index is 0.244. The summed E-state index contributed by atoms with van der Waals surface area (Å²) in [5, 5.41) is 1.88. The van der Waals surface area contributed by atoms with E-state index < -0.39 is 8.32 Å². The summed E-state index contributed by atoms with van der Waals surface area (Å²) in [6, 6.07) is 20.4. The molecule has 0 radical (unpaired) electrons. The van der Waals surface area contributed by atoms with Crippen LogP contribution in [0.2, 0.25) is 5.04 Å². The van der Waals surface area contributed by atoms with Crippen molar-refractivity contribution < 1.29 is 4.80 Å². The Balaban J connectivity index is 2.03. The molecule has 1 atom stereocenters. The number of hydrogen-bond donors (Lipinski definition) is 1. The minimum atomic E-state index is -2.95. The summed E-state index contributed by atoms with van der Waals surface area (Å²) in [4.78, 5) is 17.8. The van der Waals surface area contributed by atoms with E-state index in [0.29, 0.717) is 5.92 Å². The van der Waals surface area contributed by atoms with E-state index in [1.807, 2.05) is 42.6 Å².